The van der Waals surface area contributed by atoms with Crippen LogP contribution in [0.25, 0.3) is 11.0 Å². The van der Waals surface area contributed by atoms with Gasteiger partial charge in [0.2, 0.25) is 0 Å². The lowest BCUT2D eigenvalue weighted by atomic mass is 9.94. The summed E-state index contributed by atoms with van der Waals surface area (Å²) in [4.78, 5) is 16.9. The summed E-state index contributed by atoms with van der Waals surface area (Å²) in [6.45, 7) is 13.2. The number of nitrogens with zero attached hydrogens (tertiary/aromatic N) is 4. The van der Waals surface area contributed by atoms with Gasteiger partial charge in [0, 0.05) is 48.2 Å². The van der Waals surface area contributed by atoms with Crippen LogP contribution in [0.4, 0.5) is 0 Å². The molecule has 0 atom stereocenters. The van der Waals surface area contributed by atoms with Gasteiger partial charge in [0.25, 0.3) is 0 Å². The minimum atomic E-state index is -0.0294. The summed E-state index contributed by atoms with van der Waals surface area (Å²) < 4.78 is 9.63. The Kier molecular flexibility index (Phi) is 8.14. The van der Waals surface area contributed by atoms with Crippen molar-refractivity contribution in [1.29, 1.82) is 0 Å². The Morgan fingerprint density at radius 1 is 1.28 bits per heavy atom. The van der Waals surface area contributed by atoms with Crippen LogP contribution >= 0.6 is 11.9 Å². The van der Waals surface area contributed by atoms with Gasteiger partial charge < -0.3 is 15.0 Å². The third kappa shape index (κ3) is 6.43. The zero-order valence-corrected chi connectivity index (χ0v) is 20.6. The first-order chi connectivity index (χ1) is 15.2. The highest BCUT2D eigenvalue weighted by atomic mass is 32.2. The molecular weight excluding hydrogens is 422 g/mol. The van der Waals surface area contributed by atoms with E-state index in [1.807, 2.05) is 13.8 Å². The minimum absolute atomic E-state index is 0.0294. The molecule has 7 nitrogen and oxygen atoms in total. The number of nitrogens with two attached hydrogens (primary N) is 1. The summed E-state index contributed by atoms with van der Waals surface area (Å²) in [5, 5.41) is 4.21. The number of ether oxygens (including phenoxy) is 1. The van der Waals surface area contributed by atoms with E-state index in [0.29, 0.717) is 17.5 Å². The van der Waals surface area contributed by atoms with Crippen LogP contribution in [0.3, 0.4) is 0 Å². The first-order valence-electron chi connectivity index (χ1n) is 11.2. The van der Waals surface area contributed by atoms with E-state index in [2.05, 4.69) is 48.6 Å². The van der Waals surface area contributed by atoms with Gasteiger partial charge in [-0.1, -0.05) is 34.6 Å². The molecule has 32 heavy (non-hydrogen) atoms. The molecule has 3 heterocycles. The average Bonchev–Trinajstić information content (AvgIpc) is 3.32. The van der Waals surface area contributed by atoms with E-state index in [4.69, 9.17) is 15.5 Å². The van der Waals surface area contributed by atoms with Crippen molar-refractivity contribution in [3.8, 4) is 0 Å². The molecule has 174 valence electrons. The summed E-state index contributed by atoms with van der Waals surface area (Å²) in [7, 11) is 0. The SMILES string of the molecule is CC(C)(C)c1nc2cc(Sn3cc(C=O)cn3)ccc2n1CC1CCOCC1.CC(C)N. The predicted octanol–water partition coefficient (Wildman–Crippen LogP) is 4.68. The second kappa shape index (κ2) is 10.6. The highest BCUT2D eigenvalue weighted by molar-refractivity contribution is 7.97. The van der Waals surface area contributed by atoms with Crippen molar-refractivity contribution in [2.75, 3.05) is 13.2 Å². The number of carbonyl (C=O) groups excluding carboxylic acids is 1. The number of benzene rings is 1. The maximum atomic E-state index is 10.9. The Bertz CT molecular complexity index is 1030. The predicted molar refractivity (Wildman–Crippen MR) is 130 cm³/mol. The van der Waals surface area contributed by atoms with Crippen LogP contribution < -0.4 is 5.73 Å². The maximum Gasteiger partial charge on any atom is 0.153 e. The molecule has 1 aliphatic rings. The summed E-state index contributed by atoms with van der Waals surface area (Å²) in [6.07, 6.45) is 6.32. The quantitative estimate of drug-likeness (QED) is 0.560. The van der Waals surface area contributed by atoms with Crippen molar-refractivity contribution in [2.45, 2.75) is 70.4 Å². The molecule has 1 aliphatic heterocycles. The second-order valence-corrected chi connectivity index (χ2v) is 10.7. The molecule has 1 aromatic carbocycles. The van der Waals surface area contributed by atoms with E-state index in [-0.39, 0.29) is 5.41 Å². The fraction of sp³-hybridized carbons (Fsp3) is 0.542. The lowest BCUT2D eigenvalue weighted by Gasteiger charge is -2.26. The zero-order valence-electron chi connectivity index (χ0n) is 19.7. The molecule has 0 aliphatic carbocycles. The number of carbonyl (C=O) groups is 1. The Morgan fingerprint density at radius 2 is 1.97 bits per heavy atom. The normalized spacial score (nSPS) is 15.1. The van der Waals surface area contributed by atoms with Crippen molar-refractivity contribution in [2.24, 2.45) is 11.7 Å². The summed E-state index contributed by atoms with van der Waals surface area (Å²) in [5.74, 6) is 1.76. The molecule has 2 aromatic heterocycles. The second-order valence-electron chi connectivity index (χ2n) is 9.63. The van der Waals surface area contributed by atoms with Crippen molar-refractivity contribution in [1.82, 2.24) is 18.7 Å². The van der Waals surface area contributed by atoms with Gasteiger partial charge in [0.05, 0.1) is 22.8 Å². The summed E-state index contributed by atoms with van der Waals surface area (Å²) in [6, 6.07) is 6.70. The van der Waals surface area contributed by atoms with Gasteiger partial charge in [-0.25, -0.2) is 9.07 Å². The number of rotatable bonds is 5. The third-order valence-corrected chi connectivity index (χ3v) is 5.94. The van der Waals surface area contributed by atoms with Gasteiger partial charge in [-0.2, -0.15) is 5.10 Å². The number of hydrogen-bond donors (Lipinski definition) is 1. The smallest absolute Gasteiger partial charge is 0.153 e. The fourth-order valence-corrected chi connectivity index (χ4v) is 4.43. The Hall–Kier alpha value is -2.16. The van der Waals surface area contributed by atoms with Gasteiger partial charge in [-0.05, 0) is 43.0 Å². The van der Waals surface area contributed by atoms with Crippen molar-refractivity contribution in [3.63, 3.8) is 0 Å². The Morgan fingerprint density at radius 3 is 2.56 bits per heavy atom. The zero-order chi connectivity index (χ0) is 23.3. The summed E-state index contributed by atoms with van der Waals surface area (Å²) in [5.41, 5.74) is 7.84. The first-order valence-corrected chi connectivity index (χ1v) is 12.0. The van der Waals surface area contributed by atoms with E-state index in [1.54, 1.807) is 16.5 Å². The lowest BCUT2D eigenvalue weighted by Crippen LogP contribution is -2.25. The number of aldehydes is 1. The molecule has 0 spiro atoms. The molecule has 1 saturated heterocycles. The molecule has 0 radical (unpaired) electrons. The largest absolute Gasteiger partial charge is 0.381 e. The molecule has 3 aromatic rings. The number of fused-ring (bicyclic) bond motifs is 1. The monoisotopic (exact) mass is 457 g/mol. The minimum Gasteiger partial charge on any atom is -0.381 e. The standard InChI is InChI=1S/C21H26N4O2S.C3H9N/c1-21(2,3)20-23-18-10-17(28-25-13-16(14-26)11-22-25)4-5-19(18)24(20)12-15-6-8-27-9-7-15;1-3(2)4/h4-5,10-11,13-15H,6-9,12H2,1-3H3;3H,4H2,1-2H3. The molecule has 1 fully saturated rings. The van der Waals surface area contributed by atoms with Crippen molar-refractivity contribution >= 4 is 29.3 Å². The maximum absolute atomic E-state index is 10.9. The van der Waals surface area contributed by atoms with E-state index < -0.39 is 0 Å². The molecule has 8 heteroatoms. The molecule has 0 saturated carbocycles. The van der Waals surface area contributed by atoms with E-state index in [1.165, 1.54) is 17.5 Å². The summed E-state index contributed by atoms with van der Waals surface area (Å²) >= 11 is 1.48. The Labute approximate surface area is 194 Å². The van der Waals surface area contributed by atoms with E-state index >= 15 is 0 Å². The van der Waals surface area contributed by atoms with Crippen molar-refractivity contribution in [3.05, 3.63) is 42.0 Å². The topological polar surface area (TPSA) is 88.0 Å². The van der Waals surface area contributed by atoms with Crippen LogP contribution in [0.5, 0.6) is 0 Å². The Balaban J connectivity index is 0.000000668. The molecule has 0 unspecified atom stereocenters. The van der Waals surface area contributed by atoms with Gasteiger partial charge >= 0.3 is 0 Å². The average molecular weight is 458 g/mol. The van der Waals surface area contributed by atoms with Crippen LogP contribution in [-0.4, -0.2) is 44.3 Å². The van der Waals surface area contributed by atoms with Crippen molar-refractivity contribution < 1.29 is 9.53 Å². The fourth-order valence-electron chi connectivity index (χ4n) is 3.65. The van der Waals surface area contributed by atoms with Crippen LogP contribution in [0, 0.1) is 5.92 Å². The third-order valence-electron chi connectivity index (χ3n) is 5.09. The molecular formula is C24H35N5O2S. The van der Waals surface area contributed by atoms with Crippen LogP contribution in [-0.2, 0) is 16.7 Å². The van der Waals surface area contributed by atoms with Gasteiger partial charge in [-0.3, -0.25) is 4.79 Å². The van der Waals surface area contributed by atoms with E-state index in [0.717, 1.165) is 55.1 Å². The van der Waals surface area contributed by atoms with E-state index in [9.17, 15) is 4.79 Å². The van der Waals surface area contributed by atoms with Crippen LogP contribution in [0.2, 0.25) is 0 Å². The highest BCUT2D eigenvalue weighted by Crippen LogP contribution is 2.31. The number of hydrogen-bond acceptors (Lipinski definition) is 6. The number of aromatic nitrogens is 4. The van der Waals surface area contributed by atoms with Crippen LogP contribution in [0.15, 0.2) is 35.5 Å². The first kappa shape index (κ1) is 24.5. The molecule has 4 rings (SSSR count). The molecule has 0 amide bonds. The van der Waals surface area contributed by atoms with Crippen LogP contribution in [0.1, 0.15) is 63.6 Å². The lowest BCUT2D eigenvalue weighted by molar-refractivity contribution is 0.0611. The molecule has 2 N–H and O–H groups in total. The number of imidazole rings is 1. The van der Waals surface area contributed by atoms with Gasteiger partial charge in [0.15, 0.2) is 6.29 Å². The molecule has 0 bridgehead atoms. The highest BCUT2D eigenvalue weighted by Gasteiger charge is 2.25. The van der Waals surface area contributed by atoms with Gasteiger partial charge in [-0.15, -0.1) is 0 Å². The van der Waals surface area contributed by atoms with Gasteiger partial charge in [0.1, 0.15) is 5.82 Å².